The number of benzene rings is 1. The van der Waals surface area contributed by atoms with Crippen LogP contribution in [0.15, 0.2) is 28.7 Å². The zero-order valence-electron chi connectivity index (χ0n) is 11.2. The number of carbonyl (C=O) groups excluding carboxylic acids is 1. The maximum Gasteiger partial charge on any atom is 0.249 e. The van der Waals surface area contributed by atoms with E-state index in [2.05, 4.69) is 15.5 Å². The summed E-state index contributed by atoms with van der Waals surface area (Å²) in [4.78, 5) is 11.9. The first-order chi connectivity index (χ1) is 9.70. The van der Waals surface area contributed by atoms with Crippen LogP contribution in [-0.2, 0) is 4.79 Å². The molecule has 1 amide bonds. The third-order valence-corrected chi connectivity index (χ3v) is 3.01. The van der Waals surface area contributed by atoms with Gasteiger partial charge in [-0.2, -0.15) is 0 Å². The number of rotatable bonds is 6. The second-order valence-corrected chi connectivity index (χ2v) is 4.74. The van der Waals surface area contributed by atoms with E-state index < -0.39 is 0 Å². The molecule has 5 nitrogen and oxygen atoms in total. The SMILES string of the molecule is Cc1nnc(-c2ccccc2NC(=O)CCCCCl)o1. The lowest BCUT2D eigenvalue weighted by molar-refractivity contribution is -0.116. The van der Waals surface area contributed by atoms with Gasteiger partial charge in [-0.15, -0.1) is 21.8 Å². The van der Waals surface area contributed by atoms with Gasteiger partial charge in [0.2, 0.25) is 17.7 Å². The van der Waals surface area contributed by atoms with Gasteiger partial charge in [0.05, 0.1) is 11.3 Å². The molecule has 0 aliphatic heterocycles. The predicted molar refractivity (Wildman–Crippen MR) is 77.7 cm³/mol. The number of nitrogens with one attached hydrogen (secondary N) is 1. The van der Waals surface area contributed by atoms with Gasteiger partial charge in [-0.05, 0) is 25.0 Å². The summed E-state index contributed by atoms with van der Waals surface area (Å²) in [6.45, 7) is 1.73. The number of carbonyl (C=O) groups is 1. The summed E-state index contributed by atoms with van der Waals surface area (Å²) < 4.78 is 5.40. The molecule has 20 heavy (non-hydrogen) atoms. The topological polar surface area (TPSA) is 68.0 Å². The van der Waals surface area contributed by atoms with Crippen LogP contribution < -0.4 is 5.32 Å². The molecule has 1 aromatic heterocycles. The fourth-order valence-electron chi connectivity index (χ4n) is 1.78. The van der Waals surface area contributed by atoms with Crippen molar-refractivity contribution in [2.24, 2.45) is 0 Å². The molecule has 1 N–H and O–H groups in total. The Labute approximate surface area is 122 Å². The van der Waals surface area contributed by atoms with Crippen LogP contribution in [0.5, 0.6) is 0 Å². The van der Waals surface area contributed by atoms with Crippen LogP contribution in [0, 0.1) is 6.92 Å². The highest BCUT2D eigenvalue weighted by Crippen LogP contribution is 2.26. The molecular weight excluding hydrogens is 278 g/mol. The van der Waals surface area contributed by atoms with Crippen molar-refractivity contribution in [2.75, 3.05) is 11.2 Å². The maximum absolute atomic E-state index is 11.9. The Balaban J connectivity index is 2.10. The summed E-state index contributed by atoms with van der Waals surface area (Å²) in [7, 11) is 0. The van der Waals surface area contributed by atoms with Gasteiger partial charge in [-0.25, -0.2) is 0 Å². The monoisotopic (exact) mass is 293 g/mol. The lowest BCUT2D eigenvalue weighted by Crippen LogP contribution is -2.12. The normalized spacial score (nSPS) is 10.5. The highest BCUT2D eigenvalue weighted by Gasteiger charge is 2.12. The van der Waals surface area contributed by atoms with Gasteiger partial charge < -0.3 is 9.73 Å². The Kier molecular flexibility index (Phi) is 5.12. The summed E-state index contributed by atoms with van der Waals surface area (Å²) in [5.41, 5.74) is 1.39. The second-order valence-electron chi connectivity index (χ2n) is 4.37. The molecule has 0 aliphatic rings. The average molecular weight is 294 g/mol. The first-order valence-corrected chi connectivity index (χ1v) is 6.99. The van der Waals surface area contributed by atoms with Crippen molar-refractivity contribution in [3.05, 3.63) is 30.2 Å². The van der Waals surface area contributed by atoms with Crippen LogP contribution >= 0.6 is 11.6 Å². The summed E-state index contributed by atoms with van der Waals surface area (Å²) in [6.07, 6.45) is 2.06. The van der Waals surface area contributed by atoms with Gasteiger partial charge in [0.25, 0.3) is 0 Å². The van der Waals surface area contributed by atoms with Crippen molar-refractivity contribution in [3.63, 3.8) is 0 Å². The van der Waals surface area contributed by atoms with Gasteiger partial charge in [-0.3, -0.25) is 4.79 Å². The Hall–Kier alpha value is -1.88. The van der Waals surface area contributed by atoms with Crippen molar-refractivity contribution in [2.45, 2.75) is 26.2 Å². The molecular formula is C14H16ClN3O2. The molecule has 0 spiro atoms. The van der Waals surface area contributed by atoms with E-state index in [1.807, 2.05) is 24.3 Å². The van der Waals surface area contributed by atoms with Gasteiger partial charge >= 0.3 is 0 Å². The number of alkyl halides is 1. The molecule has 6 heteroatoms. The molecule has 0 atom stereocenters. The molecule has 106 valence electrons. The second kappa shape index (κ2) is 7.05. The first kappa shape index (κ1) is 14.5. The lowest BCUT2D eigenvalue weighted by atomic mass is 10.1. The van der Waals surface area contributed by atoms with E-state index in [1.54, 1.807) is 6.92 Å². The van der Waals surface area contributed by atoms with E-state index in [0.29, 0.717) is 29.8 Å². The predicted octanol–water partition coefficient (Wildman–Crippen LogP) is 3.39. The molecule has 1 heterocycles. The van der Waals surface area contributed by atoms with Crippen LogP contribution in [0.1, 0.15) is 25.2 Å². The highest BCUT2D eigenvalue weighted by molar-refractivity contribution is 6.17. The molecule has 0 radical (unpaired) electrons. The van der Waals surface area contributed by atoms with Crippen LogP contribution in [0.4, 0.5) is 5.69 Å². The minimum atomic E-state index is -0.0428. The minimum Gasteiger partial charge on any atom is -0.421 e. The standard InChI is InChI=1S/C14H16ClN3O2/c1-10-17-18-14(20-10)11-6-2-3-7-12(11)16-13(19)8-4-5-9-15/h2-3,6-7H,4-5,8-9H2,1H3,(H,16,19). The largest absolute Gasteiger partial charge is 0.421 e. The van der Waals surface area contributed by atoms with Crippen LogP contribution in [0.25, 0.3) is 11.5 Å². The first-order valence-electron chi connectivity index (χ1n) is 6.46. The molecule has 0 unspecified atom stereocenters. The summed E-state index contributed by atoms with van der Waals surface area (Å²) in [5, 5.41) is 10.6. The molecule has 1 aromatic carbocycles. The fraction of sp³-hybridized carbons (Fsp3) is 0.357. The van der Waals surface area contributed by atoms with Crippen LogP contribution in [0.2, 0.25) is 0 Å². The minimum absolute atomic E-state index is 0.0428. The summed E-state index contributed by atoms with van der Waals surface area (Å²) >= 11 is 5.59. The number of amides is 1. The lowest BCUT2D eigenvalue weighted by Gasteiger charge is -2.08. The van der Waals surface area contributed by atoms with Gasteiger partial charge in [0, 0.05) is 19.2 Å². The van der Waals surface area contributed by atoms with Crippen molar-refractivity contribution in [1.82, 2.24) is 10.2 Å². The molecule has 0 bridgehead atoms. The smallest absolute Gasteiger partial charge is 0.249 e. The van der Waals surface area contributed by atoms with Gasteiger partial charge in [-0.1, -0.05) is 12.1 Å². The number of hydrogen-bond acceptors (Lipinski definition) is 4. The fourth-order valence-corrected chi connectivity index (χ4v) is 1.97. The number of aromatic nitrogens is 2. The number of para-hydroxylation sites is 1. The van der Waals surface area contributed by atoms with E-state index in [4.69, 9.17) is 16.0 Å². The molecule has 2 aromatic rings. The van der Waals surface area contributed by atoms with Crippen molar-refractivity contribution < 1.29 is 9.21 Å². The quantitative estimate of drug-likeness (QED) is 0.655. The third kappa shape index (κ3) is 3.81. The van der Waals surface area contributed by atoms with E-state index in [9.17, 15) is 4.79 Å². The van der Waals surface area contributed by atoms with E-state index >= 15 is 0 Å². The number of halogens is 1. The van der Waals surface area contributed by atoms with E-state index in [0.717, 1.165) is 18.4 Å². The zero-order chi connectivity index (χ0) is 14.4. The van der Waals surface area contributed by atoms with Gasteiger partial charge in [0.15, 0.2) is 0 Å². The molecule has 0 saturated carbocycles. The Morgan fingerprint density at radius 1 is 1.30 bits per heavy atom. The maximum atomic E-state index is 11.9. The number of unbranched alkanes of at least 4 members (excludes halogenated alkanes) is 1. The van der Waals surface area contributed by atoms with Crippen LogP contribution in [0.3, 0.4) is 0 Å². The number of nitrogens with zero attached hydrogens (tertiary/aromatic N) is 2. The molecule has 0 saturated heterocycles. The van der Waals surface area contributed by atoms with Crippen molar-refractivity contribution in [1.29, 1.82) is 0 Å². The zero-order valence-corrected chi connectivity index (χ0v) is 12.0. The van der Waals surface area contributed by atoms with Crippen molar-refractivity contribution >= 4 is 23.2 Å². The average Bonchev–Trinajstić information content (AvgIpc) is 2.86. The van der Waals surface area contributed by atoms with Crippen LogP contribution in [-0.4, -0.2) is 22.0 Å². The summed E-state index contributed by atoms with van der Waals surface area (Å²) in [5.74, 6) is 1.42. The highest BCUT2D eigenvalue weighted by atomic mass is 35.5. The molecule has 0 fully saturated rings. The third-order valence-electron chi connectivity index (χ3n) is 2.75. The molecule has 2 rings (SSSR count). The van der Waals surface area contributed by atoms with Crippen molar-refractivity contribution in [3.8, 4) is 11.5 Å². The number of anilines is 1. The Morgan fingerprint density at radius 2 is 2.10 bits per heavy atom. The Bertz CT molecular complexity index is 583. The number of hydrogen-bond donors (Lipinski definition) is 1. The van der Waals surface area contributed by atoms with Gasteiger partial charge in [0.1, 0.15) is 0 Å². The molecule has 0 aliphatic carbocycles. The number of aryl methyl sites for hydroxylation is 1. The summed E-state index contributed by atoms with van der Waals surface area (Å²) in [6, 6.07) is 7.36. The van der Waals surface area contributed by atoms with E-state index in [-0.39, 0.29) is 5.91 Å². The Morgan fingerprint density at radius 3 is 2.80 bits per heavy atom. The van der Waals surface area contributed by atoms with E-state index in [1.165, 1.54) is 0 Å².